The van der Waals surface area contributed by atoms with Gasteiger partial charge < -0.3 is 5.11 Å². The average molecular weight is 370 g/mol. The van der Waals surface area contributed by atoms with E-state index in [4.69, 9.17) is 0 Å². The summed E-state index contributed by atoms with van der Waals surface area (Å²) in [5.41, 5.74) is 2.10. The number of carboxylic acid groups (broad SMARTS) is 1. The van der Waals surface area contributed by atoms with Crippen LogP contribution in [0.25, 0.3) is 0 Å². The monoisotopic (exact) mass is 368 g/mol. The van der Waals surface area contributed by atoms with Crippen LogP contribution in [0.3, 0.4) is 0 Å². The van der Waals surface area contributed by atoms with Gasteiger partial charge in [0.05, 0.1) is 10.4 Å². The number of carboxylic acids is 1. The van der Waals surface area contributed by atoms with E-state index in [0.717, 1.165) is 15.6 Å². The van der Waals surface area contributed by atoms with Gasteiger partial charge in [-0.2, -0.15) is 0 Å². The van der Waals surface area contributed by atoms with E-state index < -0.39 is 5.97 Å². The largest absolute Gasteiger partial charge is 0.478 e. The van der Waals surface area contributed by atoms with Gasteiger partial charge in [-0.1, -0.05) is 62.2 Å². The lowest BCUT2D eigenvalue weighted by Gasteiger charge is -2.13. The highest BCUT2D eigenvalue weighted by Crippen LogP contribution is 2.33. The molecule has 0 saturated heterocycles. The molecule has 2 rings (SSSR count). The maximum absolute atomic E-state index is 11.2. The van der Waals surface area contributed by atoms with Gasteiger partial charge in [0, 0.05) is 4.47 Å². The van der Waals surface area contributed by atoms with Gasteiger partial charge in [-0.15, -0.1) is 0 Å². The van der Waals surface area contributed by atoms with Gasteiger partial charge in [-0.25, -0.2) is 4.79 Å². The standard InChI is InChI=1S/C14H10Br2O2/c15-10-7-5-9(6-8-10)13(16)11-3-1-2-4-12(11)14(17)18/h1-8,13H,(H,17,18). The van der Waals surface area contributed by atoms with Crippen molar-refractivity contribution in [2.75, 3.05) is 0 Å². The third-order valence-electron chi connectivity index (χ3n) is 2.63. The molecule has 0 fully saturated rings. The Morgan fingerprint density at radius 3 is 2.28 bits per heavy atom. The van der Waals surface area contributed by atoms with E-state index in [0.29, 0.717) is 5.56 Å². The number of halogens is 2. The number of hydrogen-bond acceptors (Lipinski definition) is 1. The van der Waals surface area contributed by atoms with Crippen LogP contribution in [-0.4, -0.2) is 11.1 Å². The van der Waals surface area contributed by atoms with E-state index in [1.165, 1.54) is 0 Å². The number of hydrogen-bond donors (Lipinski definition) is 1. The predicted octanol–water partition coefficient (Wildman–Crippen LogP) is 4.63. The SMILES string of the molecule is O=C(O)c1ccccc1C(Br)c1ccc(Br)cc1. The molecule has 18 heavy (non-hydrogen) atoms. The van der Waals surface area contributed by atoms with E-state index in [1.54, 1.807) is 12.1 Å². The zero-order valence-electron chi connectivity index (χ0n) is 9.31. The van der Waals surface area contributed by atoms with E-state index in [9.17, 15) is 9.90 Å². The van der Waals surface area contributed by atoms with E-state index in [1.807, 2.05) is 36.4 Å². The molecule has 0 heterocycles. The second-order valence-electron chi connectivity index (χ2n) is 3.81. The first-order valence-corrected chi connectivity index (χ1v) is 7.02. The van der Waals surface area contributed by atoms with Crippen LogP contribution in [0, 0.1) is 0 Å². The molecule has 1 N–H and O–H groups in total. The Balaban J connectivity index is 2.42. The first kappa shape index (κ1) is 13.3. The van der Waals surface area contributed by atoms with Crippen LogP contribution in [-0.2, 0) is 0 Å². The fraction of sp³-hybridized carbons (Fsp3) is 0.0714. The molecule has 92 valence electrons. The molecule has 1 unspecified atom stereocenters. The summed E-state index contributed by atoms with van der Waals surface area (Å²) in [5.74, 6) is -0.910. The predicted molar refractivity (Wildman–Crippen MR) is 78.3 cm³/mol. The van der Waals surface area contributed by atoms with Crippen LogP contribution in [0.2, 0.25) is 0 Å². The molecule has 2 nitrogen and oxygen atoms in total. The van der Waals surface area contributed by atoms with Crippen LogP contribution < -0.4 is 0 Å². The van der Waals surface area contributed by atoms with Gasteiger partial charge in [-0.05, 0) is 29.3 Å². The van der Waals surface area contributed by atoms with E-state index >= 15 is 0 Å². The highest BCUT2D eigenvalue weighted by molar-refractivity contribution is 9.10. The minimum Gasteiger partial charge on any atom is -0.478 e. The van der Waals surface area contributed by atoms with Gasteiger partial charge in [0.25, 0.3) is 0 Å². The summed E-state index contributed by atoms with van der Waals surface area (Å²) in [6.07, 6.45) is 0. The Labute approximate surface area is 122 Å². The lowest BCUT2D eigenvalue weighted by atomic mass is 10.00. The van der Waals surface area contributed by atoms with Crippen molar-refractivity contribution in [3.05, 3.63) is 69.7 Å². The Morgan fingerprint density at radius 1 is 1.06 bits per heavy atom. The van der Waals surface area contributed by atoms with Crippen molar-refractivity contribution >= 4 is 37.8 Å². The van der Waals surface area contributed by atoms with Crippen molar-refractivity contribution in [1.82, 2.24) is 0 Å². The molecule has 0 aromatic heterocycles. The molecule has 0 saturated carbocycles. The summed E-state index contributed by atoms with van der Waals surface area (Å²) in [6.45, 7) is 0. The summed E-state index contributed by atoms with van der Waals surface area (Å²) in [4.78, 5) is 11.1. The number of carbonyl (C=O) groups is 1. The molecule has 0 radical (unpaired) electrons. The third kappa shape index (κ3) is 2.82. The summed E-state index contributed by atoms with van der Waals surface area (Å²) >= 11 is 6.94. The maximum Gasteiger partial charge on any atom is 0.336 e. The normalized spacial score (nSPS) is 12.1. The highest BCUT2D eigenvalue weighted by atomic mass is 79.9. The number of aromatic carboxylic acids is 1. The van der Waals surface area contributed by atoms with Crippen LogP contribution in [0.1, 0.15) is 26.3 Å². The van der Waals surface area contributed by atoms with Crippen molar-refractivity contribution < 1.29 is 9.90 Å². The first-order valence-electron chi connectivity index (χ1n) is 5.31. The summed E-state index contributed by atoms with van der Waals surface area (Å²) in [7, 11) is 0. The van der Waals surface area contributed by atoms with Crippen molar-refractivity contribution in [2.24, 2.45) is 0 Å². The maximum atomic E-state index is 11.2. The van der Waals surface area contributed by atoms with Crippen molar-refractivity contribution in [3.8, 4) is 0 Å². The van der Waals surface area contributed by atoms with Crippen LogP contribution in [0.4, 0.5) is 0 Å². The topological polar surface area (TPSA) is 37.3 Å². The Kier molecular flexibility index (Phi) is 4.19. The smallest absolute Gasteiger partial charge is 0.336 e. The molecule has 4 heteroatoms. The summed E-state index contributed by atoms with van der Waals surface area (Å²) < 4.78 is 0.998. The Hall–Kier alpha value is -1.13. The fourth-order valence-electron chi connectivity index (χ4n) is 1.72. The van der Waals surface area contributed by atoms with E-state index in [-0.39, 0.29) is 4.83 Å². The lowest BCUT2D eigenvalue weighted by molar-refractivity contribution is 0.0696. The Morgan fingerprint density at radius 2 is 1.67 bits per heavy atom. The second kappa shape index (κ2) is 5.67. The minimum absolute atomic E-state index is 0.127. The van der Waals surface area contributed by atoms with Crippen LogP contribution in [0.15, 0.2) is 53.0 Å². The highest BCUT2D eigenvalue weighted by Gasteiger charge is 2.17. The van der Waals surface area contributed by atoms with Gasteiger partial charge in [0.15, 0.2) is 0 Å². The molecular weight excluding hydrogens is 360 g/mol. The van der Waals surface area contributed by atoms with Gasteiger partial charge in [0.1, 0.15) is 0 Å². The van der Waals surface area contributed by atoms with Crippen molar-refractivity contribution in [2.45, 2.75) is 4.83 Å². The van der Waals surface area contributed by atoms with Gasteiger partial charge in [-0.3, -0.25) is 0 Å². The molecule has 0 aliphatic rings. The van der Waals surface area contributed by atoms with Crippen molar-refractivity contribution in [3.63, 3.8) is 0 Å². The van der Waals surface area contributed by atoms with Gasteiger partial charge in [0.2, 0.25) is 0 Å². The second-order valence-corrected chi connectivity index (χ2v) is 5.64. The van der Waals surface area contributed by atoms with Gasteiger partial charge >= 0.3 is 5.97 Å². The number of alkyl halides is 1. The zero-order valence-corrected chi connectivity index (χ0v) is 12.5. The zero-order chi connectivity index (χ0) is 13.1. The quantitative estimate of drug-likeness (QED) is 0.800. The number of benzene rings is 2. The summed E-state index contributed by atoms with van der Waals surface area (Å²) in [6, 6.07) is 14.8. The molecule has 0 aliphatic heterocycles. The molecular formula is C14H10Br2O2. The van der Waals surface area contributed by atoms with Crippen LogP contribution in [0.5, 0.6) is 0 Å². The average Bonchev–Trinajstić information content (AvgIpc) is 2.39. The molecule has 0 aliphatic carbocycles. The molecule has 1 atom stereocenters. The molecule has 2 aromatic carbocycles. The van der Waals surface area contributed by atoms with Crippen LogP contribution >= 0.6 is 31.9 Å². The third-order valence-corrected chi connectivity index (χ3v) is 4.18. The van der Waals surface area contributed by atoms with E-state index in [2.05, 4.69) is 31.9 Å². The minimum atomic E-state index is -0.910. The Bertz CT molecular complexity index is 564. The summed E-state index contributed by atoms with van der Waals surface area (Å²) in [5, 5.41) is 9.18. The van der Waals surface area contributed by atoms with Crippen molar-refractivity contribution in [1.29, 1.82) is 0 Å². The molecule has 0 bridgehead atoms. The lowest BCUT2D eigenvalue weighted by Crippen LogP contribution is -2.04. The first-order chi connectivity index (χ1) is 8.59. The number of rotatable bonds is 3. The molecule has 2 aromatic rings. The fourth-order valence-corrected chi connectivity index (χ4v) is 2.69. The molecule has 0 amide bonds. The molecule has 0 spiro atoms.